The predicted octanol–water partition coefficient (Wildman–Crippen LogP) is -0.784. The summed E-state index contributed by atoms with van der Waals surface area (Å²) in [7, 11) is -3.92. The molecule has 3 N–H and O–H groups in total. The summed E-state index contributed by atoms with van der Waals surface area (Å²) >= 11 is 0. The second kappa shape index (κ2) is 6.54. The van der Waals surface area contributed by atoms with E-state index in [4.69, 9.17) is 0 Å². The van der Waals surface area contributed by atoms with Crippen molar-refractivity contribution in [1.82, 2.24) is 19.6 Å². The minimum atomic E-state index is -3.92. The van der Waals surface area contributed by atoms with E-state index in [1.807, 2.05) is 11.9 Å². The molecule has 8 nitrogen and oxygen atoms in total. The number of nitrogens with one attached hydrogen (secondary N) is 3. The van der Waals surface area contributed by atoms with Gasteiger partial charge in [0.2, 0.25) is 10.0 Å². The van der Waals surface area contributed by atoms with Gasteiger partial charge in [0.1, 0.15) is 0 Å². The zero-order valence-electron chi connectivity index (χ0n) is 11.9. The molecule has 1 aromatic heterocycles. The molecule has 2 heterocycles. The normalized spacial score (nSPS) is 19.2. The highest BCUT2D eigenvalue weighted by Gasteiger charge is 2.30. The topological polar surface area (TPSA) is 115 Å². The second-order valence-electron chi connectivity index (χ2n) is 5.09. The Labute approximate surface area is 122 Å². The molecule has 1 atom stereocenters. The van der Waals surface area contributed by atoms with E-state index in [0.29, 0.717) is 19.5 Å². The summed E-state index contributed by atoms with van der Waals surface area (Å²) in [5.41, 5.74) is -1.61. The van der Waals surface area contributed by atoms with Crippen LogP contribution in [-0.4, -0.2) is 48.4 Å². The van der Waals surface area contributed by atoms with Gasteiger partial charge in [0, 0.05) is 25.3 Å². The van der Waals surface area contributed by atoms with Crippen LogP contribution in [0.25, 0.3) is 0 Å². The van der Waals surface area contributed by atoms with E-state index < -0.39 is 26.2 Å². The number of hydrogen-bond acceptors (Lipinski definition) is 5. The van der Waals surface area contributed by atoms with Crippen LogP contribution in [0.1, 0.15) is 26.2 Å². The van der Waals surface area contributed by atoms with E-state index in [9.17, 15) is 18.0 Å². The van der Waals surface area contributed by atoms with Crippen LogP contribution in [0.5, 0.6) is 0 Å². The monoisotopic (exact) mass is 316 g/mol. The maximum atomic E-state index is 12.6. The summed E-state index contributed by atoms with van der Waals surface area (Å²) in [5, 5.41) is 3.24. The molecule has 1 aliphatic heterocycles. The fourth-order valence-electron chi connectivity index (χ4n) is 2.45. The Morgan fingerprint density at radius 1 is 1.38 bits per heavy atom. The third-order valence-corrected chi connectivity index (χ3v) is 5.33. The molecule has 1 unspecified atom stereocenters. The van der Waals surface area contributed by atoms with Gasteiger partial charge in [-0.05, 0) is 25.8 Å². The Hall–Kier alpha value is -1.45. The first kappa shape index (κ1) is 15.9. The molecule has 1 fully saturated rings. The summed E-state index contributed by atoms with van der Waals surface area (Å²) in [5.74, 6) is 0. The highest BCUT2D eigenvalue weighted by atomic mass is 32.2. The quantitative estimate of drug-likeness (QED) is 0.636. The summed E-state index contributed by atoms with van der Waals surface area (Å²) < 4.78 is 26.5. The number of H-pyrrole nitrogens is 2. The molecule has 1 aromatic rings. The van der Waals surface area contributed by atoms with Gasteiger partial charge in [-0.25, -0.2) is 13.2 Å². The van der Waals surface area contributed by atoms with Gasteiger partial charge in [0.25, 0.3) is 5.56 Å². The zero-order chi connectivity index (χ0) is 15.5. The van der Waals surface area contributed by atoms with Crippen LogP contribution in [0.15, 0.2) is 20.7 Å². The average Bonchev–Trinajstić information content (AvgIpc) is 2.90. The number of nitrogens with zero attached hydrogens (tertiary/aromatic N) is 1. The third kappa shape index (κ3) is 3.60. The summed E-state index contributed by atoms with van der Waals surface area (Å²) in [6, 6.07) is 0.105. The molecule has 0 aliphatic carbocycles. The molecule has 0 radical (unpaired) electrons. The van der Waals surface area contributed by atoms with Crippen LogP contribution in [-0.2, 0) is 10.0 Å². The molecule has 0 saturated carbocycles. The van der Waals surface area contributed by atoms with Gasteiger partial charge in [-0.2, -0.15) is 4.31 Å². The fraction of sp³-hybridized carbons (Fsp3) is 0.667. The number of hydrogen-bond donors (Lipinski definition) is 3. The van der Waals surface area contributed by atoms with Crippen LogP contribution < -0.4 is 16.6 Å². The van der Waals surface area contributed by atoms with Crippen molar-refractivity contribution in [1.29, 1.82) is 0 Å². The zero-order valence-corrected chi connectivity index (χ0v) is 12.7. The van der Waals surface area contributed by atoms with Crippen molar-refractivity contribution in [3.63, 3.8) is 0 Å². The molecule has 1 aliphatic rings. The van der Waals surface area contributed by atoms with Crippen LogP contribution in [0.2, 0.25) is 0 Å². The molecular formula is C12H20N4O4S. The predicted molar refractivity (Wildman–Crippen MR) is 77.8 cm³/mol. The first-order valence-corrected chi connectivity index (χ1v) is 8.44. The standard InChI is InChI=1S/C12H20N4O4S/c1-2-6-16(8-9-4-3-5-13-9)21(19,20)10-7-14-12(18)15-11(10)17/h7,9,13H,2-6,8H2,1H3,(H2,14,15,17,18). The Morgan fingerprint density at radius 3 is 2.71 bits per heavy atom. The molecular weight excluding hydrogens is 296 g/mol. The summed E-state index contributed by atoms with van der Waals surface area (Å²) in [6.45, 7) is 3.42. The fourth-order valence-corrected chi connectivity index (χ4v) is 4.02. The molecule has 1 saturated heterocycles. The average molecular weight is 316 g/mol. The minimum absolute atomic E-state index is 0.105. The molecule has 21 heavy (non-hydrogen) atoms. The molecule has 0 bridgehead atoms. The molecule has 0 aromatic carbocycles. The summed E-state index contributed by atoms with van der Waals surface area (Å²) in [4.78, 5) is 26.5. The third-order valence-electron chi connectivity index (χ3n) is 3.46. The van der Waals surface area contributed by atoms with E-state index in [1.54, 1.807) is 0 Å². The van der Waals surface area contributed by atoms with Gasteiger partial charge in [-0.15, -0.1) is 0 Å². The Morgan fingerprint density at radius 2 is 2.14 bits per heavy atom. The maximum Gasteiger partial charge on any atom is 0.325 e. The maximum absolute atomic E-state index is 12.6. The van der Waals surface area contributed by atoms with Gasteiger partial charge in [-0.1, -0.05) is 6.92 Å². The van der Waals surface area contributed by atoms with Gasteiger partial charge in [-0.3, -0.25) is 9.78 Å². The van der Waals surface area contributed by atoms with E-state index >= 15 is 0 Å². The van der Waals surface area contributed by atoms with E-state index in [-0.39, 0.29) is 6.04 Å². The van der Waals surface area contributed by atoms with Crippen LogP contribution in [0.3, 0.4) is 0 Å². The van der Waals surface area contributed by atoms with Crippen molar-refractivity contribution in [3.8, 4) is 0 Å². The van der Waals surface area contributed by atoms with Crippen molar-refractivity contribution in [2.45, 2.75) is 37.1 Å². The Bertz CT molecular complexity index is 688. The van der Waals surface area contributed by atoms with Gasteiger partial charge >= 0.3 is 5.69 Å². The second-order valence-corrected chi connectivity index (χ2v) is 7.00. The number of rotatable bonds is 6. The van der Waals surface area contributed by atoms with Gasteiger partial charge < -0.3 is 10.3 Å². The van der Waals surface area contributed by atoms with Gasteiger partial charge in [0.05, 0.1) is 0 Å². The van der Waals surface area contributed by atoms with Gasteiger partial charge in [0.15, 0.2) is 4.90 Å². The highest BCUT2D eigenvalue weighted by molar-refractivity contribution is 7.89. The Kier molecular flexibility index (Phi) is 4.96. The lowest BCUT2D eigenvalue weighted by Crippen LogP contribution is -2.43. The SMILES string of the molecule is CCCN(CC1CCCN1)S(=O)(=O)c1c[nH]c(=O)[nH]c1=O. The Balaban J connectivity index is 2.32. The smallest absolute Gasteiger partial charge is 0.313 e. The molecule has 0 amide bonds. The van der Waals surface area contributed by atoms with E-state index in [1.165, 1.54) is 4.31 Å². The first-order chi connectivity index (χ1) is 9.95. The number of aromatic amines is 2. The molecule has 118 valence electrons. The largest absolute Gasteiger partial charge is 0.325 e. The lowest BCUT2D eigenvalue weighted by molar-refractivity contribution is 0.369. The van der Waals surface area contributed by atoms with Crippen molar-refractivity contribution >= 4 is 10.0 Å². The first-order valence-electron chi connectivity index (χ1n) is 7.00. The summed E-state index contributed by atoms with van der Waals surface area (Å²) in [6.07, 6.45) is 3.54. The lowest BCUT2D eigenvalue weighted by Gasteiger charge is -2.24. The van der Waals surface area contributed by atoms with Crippen molar-refractivity contribution < 1.29 is 8.42 Å². The van der Waals surface area contributed by atoms with E-state index in [0.717, 1.165) is 25.6 Å². The van der Waals surface area contributed by atoms with Crippen molar-refractivity contribution in [3.05, 3.63) is 27.0 Å². The number of aromatic nitrogens is 2. The molecule has 0 spiro atoms. The molecule has 9 heteroatoms. The minimum Gasteiger partial charge on any atom is -0.313 e. The van der Waals surface area contributed by atoms with Crippen LogP contribution >= 0.6 is 0 Å². The highest BCUT2D eigenvalue weighted by Crippen LogP contribution is 2.14. The lowest BCUT2D eigenvalue weighted by atomic mass is 10.2. The van der Waals surface area contributed by atoms with E-state index in [2.05, 4.69) is 10.3 Å². The van der Waals surface area contributed by atoms with Crippen molar-refractivity contribution in [2.24, 2.45) is 0 Å². The van der Waals surface area contributed by atoms with Crippen LogP contribution in [0, 0.1) is 0 Å². The van der Waals surface area contributed by atoms with Crippen LogP contribution in [0.4, 0.5) is 0 Å². The number of sulfonamides is 1. The molecule has 2 rings (SSSR count). The van der Waals surface area contributed by atoms with Crippen molar-refractivity contribution in [2.75, 3.05) is 19.6 Å².